The van der Waals surface area contributed by atoms with Gasteiger partial charge in [-0.2, -0.15) is 4.57 Å². The normalized spacial score (nSPS) is 17.9. The predicted molar refractivity (Wildman–Crippen MR) is 216 cm³/mol. The first-order chi connectivity index (χ1) is 35.7. The fourth-order valence-corrected chi connectivity index (χ4v) is 6.17. The summed E-state index contributed by atoms with van der Waals surface area (Å²) < 4.78 is 220. The summed E-state index contributed by atoms with van der Waals surface area (Å²) in [4.78, 5) is 8.60. The summed E-state index contributed by atoms with van der Waals surface area (Å²) in [5, 5.41) is -2.88. The molecule has 0 spiro atoms. The fraction of sp³-hybridized carbons (Fsp3) is 0. The second kappa shape index (κ2) is 12.4. The van der Waals surface area contributed by atoms with Gasteiger partial charge in [0.25, 0.3) is 5.82 Å². The van der Waals surface area contributed by atoms with Crippen molar-refractivity contribution < 1.29 is 37.5 Å². The maximum absolute atomic E-state index is 9.88. The number of nitrogens with zero attached hydrogens (tertiary/aromatic N) is 3. The molecule has 0 aliphatic heterocycles. The van der Waals surface area contributed by atoms with E-state index in [1.165, 1.54) is 24.3 Å². The lowest BCUT2D eigenvalue weighted by molar-refractivity contribution is -0.554. The van der Waals surface area contributed by atoms with Crippen LogP contribution in [0.5, 0.6) is 0 Å². The van der Waals surface area contributed by atoms with Crippen LogP contribution in [0.3, 0.4) is 0 Å². The van der Waals surface area contributed by atoms with E-state index < -0.39 is 187 Å². The van der Waals surface area contributed by atoms with Gasteiger partial charge >= 0.3 is 0 Å². The van der Waals surface area contributed by atoms with E-state index in [-0.39, 0.29) is 46.7 Å². The van der Waals surface area contributed by atoms with E-state index in [0.29, 0.717) is 4.90 Å². The molecule has 0 atom stereocenters. The highest BCUT2D eigenvalue weighted by Crippen LogP contribution is 2.44. The van der Waals surface area contributed by atoms with Gasteiger partial charge in [0, 0.05) is 38.5 Å². The molecule has 0 aliphatic carbocycles. The number of H-pyrrole nitrogens is 1. The quantitative estimate of drug-likeness (QED) is 0.139. The molecule has 1 N–H and O–H groups in total. The first kappa shape index (κ1) is 14.3. The van der Waals surface area contributed by atoms with E-state index in [1.54, 1.807) is 0 Å². The predicted octanol–water partition coefficient (Wildman–Crippen LogP) is 12.1. The van der Waals surface area contributed by atoms with Crippen molar-refractivity contribution in [3.05, 3.63) is 194 Å². The van der Waals surface area contributed by atoms with E-state index in [2.05, 4.69) is 4.98 Å². The summed E-state index contributed by atoms with van der Waals surface area (Å²) in [7, 11) is 0. The highest BCUT2D eigenvalue weighted by Gasteiger charge is 2.26. The molecule has 0 radical (unpaired) electrons. The molecule has 10 rings (SSSR count). The van der Waals surface area contributed by atoms with E-state index >= 15 is 0 Å². The van der Waals surface area contributed by atoms with Gasteiger partial charge in [0.15, 0.2) is 11.0 Å². The van der Waals surface area contributed by atoms with E-state index in [1.807, 2.05) is 0 Å². The van der Waals surface area contributed by atoms with E-state index in [0.717, 1.165) is 28.8 Å². The molecule has 52 heavy (non-hydrogen) atoms. The number of hydrogen-bond acceptors (Lipinski definition) is 2. The first-order valence-corrected chi connectivity index (χ1v) is 15.7. The molecular weight excluding hydrogens is 633 g/mol. The van der Waals surface area contributed by atoms with Gasteiger partial charge in [0.1, 0.15) is 5.69 Å². The molecule has 2 heterocycles. The SMILES string of the molecule is [2H]c1cc([2H])c(N(c2c([2H])c([2H])c([2H])c([2H])c2[2H])c2c([2H])c([2H])c([2H])c3c2c([2H])c([2H])c2c(-c4c([2H])ccc([2H])c4[2H])nc4c(-c5[nH]c6ccc([2H])c([2H])c6[n+]5-c5c([2H])ccc([2H])c5[2H])c([2H])c([2H])c([2H])c4c23)c([2H])c1. The lowest BCUT2D eigenvalue weighted by Gasteiger charge is -2.27. The maximum Gasteiger partial charge on any atom is 0.295 e. The average Bonchev–Trinajstić information content (AvgIpc) is 3.75. The minimum Gasteiger partial charge on any atom is -0.310 e. The third-order valence-corrected chi connectivity index (χ3v) is 8.31. The summed E-state index contributed by atoms with van der Waals surface area (Å²) >= 11 is 0. The Morgan fingerprint density at radius 3 is 2.21 bits per heavy atom. The van der Waals surface area contributed by atoms with Crippen LogP contribution in [0, 0.1) is 0 Å². The summed E-state index contributed by atoms with van der Waals surface area (Å²) in [6, 6.07) is -8.20. The molecule has 244 valence electrons. The van der Waals surface area contributed by atoms with Crippen molar-refractivity contribution in [3.8, 4) is 28.3 Å². The van der Waals surface area contributed by atoms with Gasteiger partial charge in [-0.05, 0) is 65.8 Å². The number of hydrogen-bond donors (Lipinski definition) is 1. The van der Waals surface area contributed by atoms with Crippen molar-refractivity contribution in [2.75, 3.05) is 4.90 Å². The van der Waals surface area contributed by atoms with E-state index in [4.69, 9.17) is 26.9 Å². The van der Waals surface area contributed by atoms with Crippen LogP contribution in [0.4, 0.5) is 17.1 Å². The second-order valence-electron chi connectivity index (χ2n) is 11.2. The molecular formula is C48H33N4+. The lowest BCUT2D eigenvalue weighted by Crippen LogP contribution is -2.31. The standard InChI is InChI=1S/C48H32N4/c1-5-17-33(18-6-1)46-40-32-31-37-38(25-16-30-43(37)51(34-19-7-2-8-20-34)35-21-9-3-10-22-35)45(40)39-26-15-27-41(47(39)50-46)48-49-42-28-13-14-29-44(42)52(48)36-23-11-4-12-24-36/h1-32H/p+1/i2D,3D,5D,7D,8D,11D,14D,15D,16D,17D,18D,19D,20D,21D,22D,23D,24D,25D,26D,27D,29D,30D,31D,32D. The van der Waals surface area contributed by atoms with Crippen LogP contribution in [0.25, 0.3) is 71.8 Å². The number of nitrogens with one attached hydrogen (secondary N) is 1. The Kier molecular flexibility index (Phi) is 3.40. The number of rotatable bonds is 6. The Morgan fingerprint density at radius 2 is 1.31 bits per heavy atom. The molecule has 0 aliphatic rings. The molecule has 0 fully saturated rings. The zero-order valence-electron chi connectivity index (χ0n) is 50.5. The third-order valence-electron chi connectivity index (χ3n) is 8.31. The lowest BCUT2D eigenvalue weighted by atomic mass is 9.93. The first-order valence-electron chi connectivity index (χ1n) is 27.7. The van der Waals surface area contributed by atoms with Crippen LogP contribution in [0.15, 0.2) is 194 Å². The fourth-order valence-electron chi connectivity index (χ4n) is 6.17. The Labute approximate surface area is 335 Å². The number of imidazole rings is 1. The molecule has 8 aromatic carbocycles. The van der Waals surface area contributed by atoms with Gasteiger partial charge in [-0.3, -0.25) is 0 Å². The monoisotopic (exact) mass is 689 g/mol. The molecule has 0 bridgehead atoms. The molecule has 0 saturated heterocycles. The van der Waals surface area contributed by atoms with Crippen molar-refractivity contribution in [2.24, 2.45) is 0 Å². The topological polar surface area (TPSA) is 35.8 Å². The van der Waals surface area contributed by atoms with Gasteiger partial charge in [-0.15, -0.1) is 0 Å². The summed E-state index contributed by atoms with van der Waals surface area (Å²) in [6.45, 7) is 0. The Hall–Kier alpha value is -7.04. The maximum atomic E-state index is 9.88. The number of fused-ring (bicyclic) bond motifs is 6. The average molecular weight is 690 g/mol. The van der Waals surface area contributed by atoms with Gasteiger partial charge in [0.05, 0.1) is 55.4 Å². The highest BCUT2D eigenvalue weighted by molar-refractivity contribution is 6.25. The zero-order valence-corrected chi connectivity index (χ0v) is 26.5. The molecule has 4 heteroatoms. The third kappa shape index (κ3) is 4.84. The van der Waals surface area contributed by atoms with Crippen molar-refractivity contribution in [1.82, 2.24) is 9.97 Å². The van der Waals surface area contributed by atoms with Crippen LogP contribution < -0.4 is 9.47 Å². The Morgan fingerprint density at radius 1 is 0.538 bits per heavy atom. The molecule has 0 unspecified atom stereocenters. The van der Waals surface area contributed by atoms with Gasteiger partial charge in [-0.25, -0.2) is 9.97 Å². The molecule has 0 saturated carbocycles. The molecule has 2 aromatic heterocycles. The largest absolute Gasteiger partial charge is 0.310 e. The number of aromatic amines is 1. The summed E-state index contributed by atoms with van der Waals surface area (Å²) in [5.74, 6) is -0.334. The number of benzene rings is 8. The van der Waals surface area contributed by atoms with E-state index in [9.17, 15) is 11.0 Å². The zero-order chi connectivity index (χ0) is 55.3. The summed E-state index contributed by atoms with van der Waals surface area (Å²) in [6.07, 6.45) is 0. The Balaban J connectivity index is 1.54. The van der Waals surface area contributed by atoms with Crippen LogP contribution >= 0.6 is 0 Å². The van der Waals surface area contributed by atoms with Crippen LogP contribution in [0.1, 0.15) is 32.9 Å². The van der Waals surface area contributed by atoms with Crippen molar-refractivity contribution in [1.29, 1.82) is 0 Å². The van der Waals surface area contributed by atoms with Gasteiger partial charge < -0.3 is 4.90 Å². The minimum atomic E-state index is -1.01. The van der Waals surface area contributed by atoms with Crippen LogP contribution in [-0.4, -0.2) is 9.97 Å². The number of aromatic nitrogens is 3. The molecule has 10 aromatic rings. The second-order valence-corrected chi connectivity index (χ2v) is 11.2. The van der Waals surface area contributed by atoms with Crippen molar-refractivity contribution >= 4 is 60.5 Å². The highest BCUT2D eigenvalue weighted by atomic mass is 15.1. The van der Waals surface area contributed by atoms with Crippen molar-refractivity contribution in [2.45, 2.75) is 0 Å². The minimum absolute atomic E-state index is 0.0652. The Bertz CT molecular complexity index is 4260. The molecule has 4 nitrogen and oxygen atoms in total. The molecule has 0 amide bonds. The number of anilines is 3. The number of pyridine rings is 1. The van der Waals surface area contributed by atoms with Crippen LogP contribution in [-0.2, 0) is 0 Å². The van der Waals surface area contributed by atoms with Gasteiger partial charge in [0.2, 0.25) is 0 Å². The van der Waals surface area contributed by atoms with Crippen LogP contribution in [0.2, 0.25) is 0 Å². The van der Waals surface area contributed by atoms with Gasteiger partial charge in [-0.1, -0.05) is 133 Å². The smallest absolute Gasteiger partial charge is 0.295 e. The summed E-state index contributed by atoms with van der Waals surface area (Å²) in [5.41, 5.74) is -4.68. The van der Waals surface area contributed by atoms with Crippen molar-refractivity contribution in [3.63, 3.8) is 0 Å². The number of para-hydroxylation sites is 6.